The first-order valence-electron chi connectivity index (χ1n) is 9.87. The normalized spacial score (nSPS) is 13.0. The molecule has 0 bridgehead atoms. The van der Waals surface area contributed by atoms with Crippen LogP contribution in [0.1, 0.15) is 29.9 Å². The van der Waals surface area contributed by atoms with Crippen molar-refractivity contribution in [2.75, 3.05) is 5.32 Å². The summed E-state index contributed by atoms with van der Waals surface area (Å²) in [7, 11) is 1.95. The molecule has 3 heterocycles. The first-order chi connectivity index (χ1) is 15.1. The van der Waals surface area contributed by atoms with Crippen molar-refractivity contribution in [2.45, 2.75) is 18.8 Å². The van der Waals surface area contributed by atoms with Crippen LogP contribution in [0.2, 0.25) is 0 Å². The summed E-state index contributed by atoms with van der Waals surface area (Å²) in [5.41, 5.74) is 5.13. The third-order valence-electron chi connectivity index (χ3n) is 5.21. The minimum atomic E-state index is -0.712. The molecule has 0 atom stereocenters. The Balaban J connectivity index is 1.44. The summed E-state index contributed by atoms with van der Waals surface area (Å²) in [4.78, 5) is 25.4. The van der Waals surface area contributed by atoms with Crippen molar-refractivity contribution in [2.24, 2.45) is 7.05 Å². The number of hydrogen-bond donors (Lipinski definition) is 1. The summed E-state index contributed by atoms with van der Waals surface area (Å²) in [6, 6.07) is 14.9. The van der Waals surface area contributed by atoms with Gasteiger partial charge in [-0.2, -0.15) is 5.26 Å². The Bertz CT molecular complexity index is 1350. The first kappa shape index (κ1) is 18.8. The van der Waals surface area contributed by atoms with Gasteiger partial charge < -0.3 is 9.30 Å². The lowest BCUT2D eigenvalue weighted by Crippen LogP contribution is -2.18. The molecule has 31 heavy (non-hydrogen) atoms. The third-order valence-corrected chi connectivity index (χ3v) is 5.21. The van der Waals surface area contributed by atoms with Gasteiger partial charge in [-0.15, -0.1) is 0 Å². The van der Waals surface area contributed by atoms with Crippen molar-refractivity contribution >= 4 is 22.9 Å². The topological polar surface area (TPSA) is 106 Å². The fraction of sp³-hybridized carbons (Fsp3) is 0.174. The van der Waals surface area contributed by atoms with Gasteiger partial charge in [0, 0.05) is 24.9 Å². The fourth-order valence-corrected chi connectivity index (χ4v) is 3.46. The van der Waals surface area contributed by atoms with Crippen molar-refractivity contribution < 1.29 is 9.53 Å². The van der Waals surface area contributed by atoms with Gasteiger partial charge in [0.15, 0.2) is 0 Å². The summed E-state index contributed by atoms with van der Waals surface area (Å²) in [6.07, 6.45) is 4.73. The second-order valence-electron chi connectivity index (χ2n) is 7.51. The van der Waals surface area contributed by atoms with Crippen LogP contribution >= 0.6 is 0 Å². The van der Waals surface area contributed by atoms with E-state index in [0.29, 0.717) is 17.3 Å². The minimum Gasteiger partial charge on any atom is -0.391 e. The number of anilines is 1. The maximum absolute atomic E-state index is 12.4. The quantitative estimate of drug-likeness (QED) is 0.535. The number of aryl methyl sites for hydroxylation is 1. The Hall–Kier alpha value is -4.25. The number of nitrogens with one attached hydrogen (secondary N) is 1. The molecule has 152 valence electrons. The van der Waals surface area contributed by atoms with Gasteiger partial charge in [-0.25, -0.2) is 19.7 Å². The number of hydrogen-bond acceptors (Lipinski definition) is 6. The Morgan fingerprint density at radius 3 is 2.87 bits per heavy atom. The van der Waals surface area contributed by atoms with Crippen LogP contribution in [0, 0.1) is 11.3 Å². The van der Waals surface area contributed by atoms with Crippen LogP contribution in [0.15, 0.2) is 55.0 Å². The number of imidazole rings is 1. The summed E-state index contributed by atoms with van der Waals surface area (Å²) >= 11 is 0. The number of benzene rings is 1. The van der Waals surface area contributed by atoms with E-state index in [1.165, 1.54) is 18.3 Å². The predicted octanol–water partition coefficient (Wildman–Crippen LogP) is 4.39. The van der Waals surface area contributed by atoms with Crippen molar-refractivity contribution in [3.8, 4) is 23.2 Å². The number of aromatic nitrogens is 4. The number of amides is 1. The highest BCUT2D eigenvalue weighted by Crippen LogP contribution is 2.42. The monoisotopic (exact) mass is 410 g/mol. The average Bonchev–Trinajstić information content (AvgIpc) is 3.57. The van der Waals surface area contributed by atoms with E-state index in [0.717, 1.165) is 40.7 Å². The molecule has 4 aromatic rings. The van der Waals surface area contributed by atoms with E-state index in [4.69, 9.17) is 10.00 Å². The zero-order chi connectivity index (χ0) is 21.4. The van der Waals surface area contributed by atoms with E-state index in [2.05, 4.69) is 26.3 Å². The van der Waals surface area contributed by atoms with Crippen LogP contribution in [0.4, 0.5) is 10.6 Å². The van der Waals surface area contributed by atoms with Crippen LogP contribution in [-0.4, -0.2) is 25.6 Å². The highest BCUT2D eigenvalue weighted by atomic mass is 16.6. The lowest BCUT2D eigenvalue weighted by Gasteiger charge is -2.10. The molecular weight excluding hydrogens is 392 g/mol. The van der Waals surface area contributed by atoms with Gasteiger partial charge in [0.2, 0.25) is 5.88 Å². The van der Waals surface area contributed by atoms with E-state index in [1.807, 2.05) is 41.9 Å². The molecule has 0 spiro atoms. The maximum Gasteiger partial charge on any atom is 0.419 e. The van der Waals surface area contributed by atoms with E-state index in [-0.39, 0.29) is 5.88 Å². The first-order valence-corrected chi connectivity index (χ1v) is 9.87. The highest BCUT2D eigenvalue weighted by Gasteiger charge is 2.25. The third kappa shape index (κ3) is 3.94. The number of carbonyl (C=O) groups is 1. The standard InChI is InChI=1S/C23H18N6O2/c1-29-13-26-18-5-4-16(10-20(18)29)19-9-17(15-2-3-15)11-21(27-19)28-23(30)31-22-8-14(12-24)6-7-25-22/h4-11,13,15H,2-3H2,1H3,(H,27,28,30). The zero-order valence-electron chi connectivity index (χ0n) is 16.7. The second-order valence-corrected chi connectivity index (χ2v) is 7.51. The SMILES string of the molecule is Cn1cnc2ccc(-c3cc(C4CC4)cc(NC(=O)Oc4cc(C#N)ccn4)n3)cc21. The van der Waals surface area contributed by atoms with E-state index in [1.54, 1.807) is 6.33 Å². The molecule has 1 aliphatic carbocycles. The zero-order valence-corrected chi connectivity index (χ0v) is 16.7. The molecular formula is C23H18N6O2. The molecule has 0 aliphatic heterocycles. The molecule has 0 radical (unpaired) electrons. The van der Waals surface area contributed by atoms with Crippen molar-refractivity contribution in [3.05, 3.63) is 66.1 Å². The average molecular weight is 410 g/mol. The minimum absolute atomic E-state index is 0.0526. The molecule has 1 amide bonds. The summed E-state index contributed by atoms with van der Waals surface area (Å²) in [6.45, 7) is 0. The number of nitriles is 1. The number of pyridine rings is 2. The number of carbonyl (C=O) groups excluding carboxylic acids is 1. The van der Waals surface area contributed by atoms with Gasteiger partial charge >= 0.3 is 6.09 Å². The molecule has 1 N–H and O–H groups in total. The molecule has 1 aliphatic rings. The van der Waals surface area contributed by atoms with Crippen molar-refractivity contribution in [1.82, 2.24) is 19.5 Å². The largest absolute Gasteiger partial charge is 0.419 e. The molecule has 0 unspecified atom stereocenters. The Kier molecular flexibility index (Phi) is 4.56. The predicted molar refractivity (Wildman–Crippen MR) is 115 cm³/mol. The highest BCUT2D eigenvalue weighted by molar-refractivity contribution is 5.86. The Labute approximate surface area is 178 Å². The van der Waals surface area contributed by atoms with Crippen molar-refractivity contribution in [3.63, 3.8) is 0 Å². The smallest absolute Gasteiger partial charge is 0.391 e. The number of ether oxygens (including phenoxy) is 1. The van der Waals surface area contributed by atoms with Gasteiger partial charge in [0.25, 0.3) is 0 Å². The summed E-state index contributed by atoms with van der Waals surface area (Å²) in [5.74, 6) is 0.940. The summed E-state index contributed by atoms with van der Waals surface area (Å²) in [5, 5.41) is 11.7. The molecule has 8 nitrogen and oxygen atoms in total. The number of fused-ring (bicyclic) bond motifs is 1. The molecule has 8 heteroatoms. The molecule has 3 aromatic heterocycles. The van der Waals surface area contributed by atoms with E-state index in [9.17, 15) is 4.79 Å². The lowest BCUT2D eigenvalue weighted by atomic mass is 10.1. The lowest BCUT2D eigenvalue weighted by molar-refractivity contribution is 0.213. The van der Waals surface area contributed by atoms with Crippen LogP contribution in [0.3, 0.4) is 0 Å². The number of nitrogens with zero attached hydrogens (tertiary/aromatic N) is 5. The molecule has 1 fully saturated rings. The van der Waals surface area contributed by atoms with Gasteiger partial charge in [-0.05, 0) is 54.7 Å². The van der Waals surface area contributed by atoms with Gasteiger partial charge in [0.1, 0.15) is 5.82 Å². The van der Waals surface area contributed by atoms with Crippen molar-refractivity contribution in [1.29, 1.82) is 5.26 Å². The molecule has 1 aromatic carbocycles. The van der Waals surface area contributed by atoms with Gasteiger partial charge in [-0.3, -0.25) is 5.32 Å². The van der Waals surface area contributed by atoms with Crippen LogP contribution < -0.4 is 10.1 Å². The molecule has 0 saturated heterocycles. The van der Waals surface area contributed by atoms with E-state index >= 15 is 0 Å². The van der Waals surface area contributed by atoms with E-state index < -0.39 is 6.09 Å². The van der Waals surface area contributed by atoms with Gasteiger partial charge in [0.05, 0.1) is 34.7 Å². The Morgan fingerprint density at radius 2 is 2.06 bits per heavy atom. The van der Waals surface area contributed by atoms with Crippen LogP contribution in [0.25, 0.3) is 22.3 Å². The molecule has 1 saturated carbocycles. The fourth-order valence-electron chi connectivity index (χ4n) is 3.46. The van der Waals surface area contributed by atoms with Crippen LogP contribution in [-0.2, 0) is 7.05 Å². The second kappa shape index (κ2) is 7.54. The van der Waals surface area contributed by atoms with Crippen LogP contribution in [0.5, 0.6) is 5.88 Å². The van der Waals surface area contributed by atoms with Gasteiger partial charge in [-0.1, -0.05) is 6.07 Å². The maximum atomic E-state index is 12.4. The Morgan fingerprint density at radius 1 is 1.19 bits per heavy atom. The molecule has 5 rings (SSSR count). The summed E-state index contributed by atoms with van der Waals surface area (Å²) < 4.78 is 7.18. The number of rotatable bonds is 4.